The molecule has 1 aromatic heterocycles. The third-order valence-electron chi connectivity index (χ3n) is 4.60. The maximum Gasteiger partial charge on any atom is 0.514 e. The summed E-state index contributed by atoms with van der Waals surface area (Å²) in [4.78, 5) is 24.3. The lowest BCUT2D eigenvalue weighted by molar-refractivity contribution is -0.384. The molecule has 27 heavy (non-hydrogen) atoms. The Bertz CT molecular complexity index is 846. The first kappa shape index (κ1) is 17.4. The van der Waals surface area contributed by atoms with E-state index >= 15 is 0 Å². The quantitative estimate of drug-likeness (QED) is 0.337. The van der Waals surface area contributed by atoms with Crippen molar-refractivity contribution in [3.05, 3.63) is 51.8 Å². The van der Waals surface area contributed by atoms with Crippen molar-refractivity contribution in [1.29, 1.82) is 0 Å². The van der Waals surface area contributed by atoms with Crippen LogP contribution in [0.1, 0.15) is 11.4 Å². The second-order valence-corrected chi connectivity index (χ2v) is 6.40. The fourth-order valence-corrected chi connectivity index (χ4v) is 3.06. The second-order valence-electron chi connectivity index (χ2n) is 6.40. The van der Waals surface area contributed by atoms with E-state index in [-0.39, 0.29) is 18.0 Å². The molecule has 2 aliphatic rings. The summed E-state index contributed by atoms with van der Waals surface area (Å²) in [5.41, 5.74) is 1.65. The van der Waals surface area contributed by atoms with E-state index in [4.69, 9.17) is 14.2 Å². The number of fused-ring (bicyclic) bond motifs is 1. The molecule has 10 nitrogen and oxygen atoms in total. The lowest BCUT2D eigenvalue weighted by atomic mass is 10.2. The molecule has 0 spiro atoms. The minimum absolute atomic E-state index is 0.00163. The normalized spacial score (nSPS) is 17.0. The van der Waals surface area contributed by atoms with E-state index in [1.165, 1.54) is 24.3 Å². The van der Waals surface area contributed by atoms with Crippen LogP contribution in [0.2, 0.25) is 0 Å². The summed E-state index contributed by atoms with van der Waals surface area (Å²) in [5, 5.41) is 15.1. The fourth-order valence-electron chi connectivity index (χ4n) is 3.06. The van der Waals surface area contributed by atoms with Crippen LogP contribution >= 0.6 is 0 Å². The Morgan fingerprint density at radius 2 is 2.07 bits per heavy atom. The van der Waals surface area contributed by atoms with Gasteiger partial charge in [-0.2, -0.15) is 5.10 Å². The molecule has 3 heterocycles. The minimum atomic E-state index is -0.886. The third kappa shape index (κ3) is 3.91. The van der Waals surface area contributed by atoms with Gasteiger partial charge in [-0.3, -0.25) is 19.7 Å². The molecule has 0 saturated carbocycles. The Hall–Kier alpha value is -2.98. The lowest BCUT2D eigenvalue weighted by Crippen LogP contribution is -2.51. The molecular weight excluding hydrogens is 356 g/mol. The average Bonchev–Trinajstić information content (AvgIpc) is 3.01. The topological polar surface area (TPSA) is 109 Å². The molecule has 142 valence electrons. The Morgan fingerprint density at radius 3 is 2.74 bits per heavy atom. The smallest absolute Gasteiger partial charge is 0.427 e. The highest BCUT2D eigenvalue weighted by Gasteiger charge is 2.29. The summed E-state index contributed by atoms with van der Waals surface area (Å²) >= 11 is 0. The van der Waals surface area contributed by atoms with Gasteiger partial charge in [-0.05, 0) is 18.2 Å². The van der Waals surface area contributed by atoms with Crippen LogP contribution in [0.15, 0.2) is 30.3 Å². The van der Waals surface area contributed by atoms with Crippen LogP contribution in [-0.4, -0.2) is 51.6 Å². The molecule has 0 aliphatic carbocycles. The van der Waals surface area contributed by atoms with Gasteiger partial charge in [-0.1, -0.05) is 0 Å². The average molecular weight is 374 g/mol. The van der Waals surface area contributed by atoms with Gasteiger partial charge in [-0.15, -0.1) is 0 Å². The molecule has 1 saturated heterocycles. The van der Waals surface area contributed by atoms with E-state index in [9.17, 15) is 14.9 Å². The van der Waals surface area contributed by atoms with E-state index in [0.717, 1.165) is 38.5 Å². The maximum absolute atomic E-state index is 11.8. The highest BCUT2D eigenvalue weighted by Crippen LogP contribution is 2.20. The molecule has 1 fully saturated rings. The summed E-state index contributed by atoms with van der Waals surface area (Å²) in [6.45, 7) is 4.06. The molecule has 0 N–H and O–H groups in total. The van der Waals surface area contributed by atoms with E-state index in [0.29, 0.717) is 11.7 Å². The molecule has 0 radical (unpaired) electrons. The van der Waals surface area contributed by atoms with Crippen molar-refractivity contribution in [2.24, 2.45) is 0 Å². The Balaban J connectivity index is 1.29. The molecule has 0 atom stereocenters. The molecule has 2 aliphatic heterocycles. The van der Waals surface area contributed by atoms with Gasteiger partial charge in [0, 0.05) is 25.2 Å². The largest absolute Gasteiger partial charge is 0.514 e. The number of nitrogens with zero attached hydrogens (tertiary/aromatic N) is 4. The van der Waals surface area contributed by atoms with Crippen LogP contribution in [0.5, 0.6) is 5.75 Å². The second kappa shape index (κ2) is 7.33. The number of hydrogen-bond acceptors (Lipinski definition) is 8. The van der Waals surface area contributed by atoms with Crippen molar-refractivity contribution in [3.63, 3.8) is 0 Å². The number of benzene rings is 1. The number of carbonyl (C=O) groups excluding carboxylic acids is 1. The molecule has 4 rings (SSSR count). The van der Waals surface area contributed by atoms with Crippen molar-refractivity contribution in [2.45, 2.75) is 25.7 Å². The Morgan fingerprint density at radius 1 is 1.30 bits per heavy atom. The molecule has 0 amide bonds. The standard InChI is InChI=1S/C17H18N4O6/c22-17(27-16-3-1-13(2-4-16)21(23)24)26-9-12-7-14-8-19(15-10-25-11-15)5-6-20(14)18-12/h1-4,7,15H,5-6,8-11H2. The van der Waals surface area contributed by atoms with E-state index in [1.54, 1.807) is 0 Å². The summed E-state index contributed by atoms with van der Waals surface area (Å²) in [6, 6.07) is 7.59. The molecule has 0 bridgehead atoms. The molecular formula is C17H18N4O6. The van der Waals surface area contributed by atoms with Gasteiger partial charge in [0.25, 0.3) is 5.69 Å². The zero-order valence-electron chi connectivity index (χ0n) is 14.4. The number of nitro benzene ring substituents is 1. The summed E-state index contributed by atoms with van der Waals surface area (Å²) in [6.07, 6.45) is -0.886. The lowest BCUT2D eigenvalue weighted by Gasteiger charge is -2.39. The van der Waals surface area contributed by atoms with Crippen molar-refractivity contribution in [3.8, 4) is 5.75 Å². The minimum Gasteiger partial charge on any atom is -0.427 e. The zero-order chi connectivity index (χ0) is 18.8. The van der Waals surface area contributed by atoms with E-state index < -0.39 is 11.1 Å². The number of carbonyl (C=O) groups is 1. The highest BCUT2D eigenvalue weighted by molar-refractivity contribution is 5.64. The van der Waals surface area contributed by atoms with Crippen molar-refractivity contribution < 1.29 is 23.9 Å². The highest BCUT2D eigenvalue weighted by atomic mass is 16.7. The fraction of sp³-hybridized carbons (Fsp3) is 0.412. The first-order valence-electron chi connectivity index (χ1n) is 8.55. The van der Waals surface area contributed by atoms with Gasteiger partial charge < -0.3 is 14.2 Å². The van der Waals surface area contributed by atoms with Gasteiger partial charge in [0.1, 0.15) is 18.1 Å². The number of aromatic nitrogens is 2. The van der Waals surface area contributed by atoms with E-state index in [2.05, 4.69) is 10.00 Å². The first-order valence-corrected chi connectivity index (χ1v) is 8.55. The Kier molecular flexibility index (Phi) is 4.73. The number of ether oxygens (including phenoxy) is 3. The molecule has 0 unspecified atom stereocenters. The van der Waals surface area contributed by atoms with Crippen LogP contribution in [0.4, 0.5) is 10.5 Å². The molecule has 10 heteroatoms. The van der Waals surface area contributed by atoms with E-state index in [1.807, 2.05) is 10.7 Å². The van der Waals surface area contributed by atoms with Crippen LogP contribution in [0.3, 0.4) is 0 Å². The summed E-state index contributed by atoms with van der Waals surface area (Å²) in [7, 11) is 0. The number of non-ortho nitro benzene ring substituents is 1. The Labute approximate surface area is 154 Å². The van der Waals surface area contributed by atoms with Crippen LogP contribution < -0.4 is 4.74 Å². The van der Waals surface area contributed by atoms with Crippen LogP contribution in [0.25, 0.3) is 0 Å². The number of nitro groups is 1. The van der Waals surface area contributed by atoms with Crippen LogP contribution in [-0.2, 0) is 29.2 Å². The van der Waals surface area contributed by atoms with Gasteiger partial charge >= 0.3 is 6.16 Å². The summed E-state index contributed by atoms with van der Waals surface area (Å²) < 4.78 is 17.3. The van der Waals surface area contributed by atoms with Gasteiger partial charge in [0.2, 0.25) is 0 Å². The predicted molar refractivity (Wildman–Crippen MR) is 91.2 cm³/mol. The van der Waals surface area contributed by atoms with Crippen molar-refractivity contribution in [1.82, 2.24) is 14.7 Å². The van der Waals surface area contributed by atoms with Gasteiger partial charge in [-0.25, -0.2) is 4.79 Å². The van der Waals surface area contributed by atoms with Gasteiger partial charge in [0.05, 0.1) is 36.4 Å². The van der Waals surface area contributed by atoms with Crippen LogP contribution in [0, 0.1) is 10.1 Å². The predicted octanol–water partition coefficient (Wildman–Crippen LogP) is 1.72. The first-order chi connectivity index (χ1) is 13.1. The maximum atomic E-state index is 11.8. The SMILES string of the molecule is O=C(OCc1cc2n(n1)CCN(C1COC1)C2)Oc1ccc([N+](=O)[O-])cc1. The monoisotopic (exact) mass is 374 g/mol. The van der Waals surface area contributed by atoms with Crippen molar-refractivity contribution in [2.75, 3.05) is 19.8 Å². The summed E-state index contributed by atoms with van der Waals surface area (Å²) in [5.74, 6) is 0.174. The number of rotatable bonds is 5. The number of hydrogen-bond donors (Lipinski definition) is 0. The molecule has 2 aromatic rings. The third-order valence-corrected chi connectivity index (χ3v) is 4.60. The molecule has 1 aromatic carbocycles. The zero-order valence-corrected chi connectivity index (χ0v) is 14.4. The van der Waals surface area contributed by atoms with Gasteiger partial charge in [0.15, 0.2) is 0 Å². The van der Waals surface area contributed by atoms with Crippen molar-refractivity contribution >= 4 is 11.8 Å².